The van der Waals surface area contributed by atoms with Gasteiger partial charge in [-0.05, 0) is 37.8 Å². The number of ether oxygens (including phenoxy) is 1. The third kappa shape index (κ3) is 2.94. The van der Waals surface area contributed by atoms with Crippen molar-refractivity contribution in [2.75, 3.05) is 6.54 Å². The second kappa shape index (κ2) is 6.78. The van der Waals surface area contributed by atoms with Gasteiger partial charge in [0.1, 0.15) is 6.10 Å². The minimum atomic E-state index is -0.0241. The molecule has 2 aromatic heterocycles. The van der Waals surface area contributed by atoms with Crippen LogP contribution in [0, 0.1) is 5.92 Å². The summed E-state index contributed by atoms with van der Waals surface area (Å²) in [7, 11) is 0. The van der Waals surface area contributed by atoms with E-state index in [1.165, 1.54) is 4.80 Å². The molecule has 2 fully saturated rings. The van der Waals surface area contributed by atoms with Crippen molar-refractivity contribution in [2.24, 2.45) is 5.92 Å². The van der Waals surface area contributed by atoms with E-state index in [2.05, 4.69) is 20.5 Å². The zero-order valence-electron chi connectivity index (χ0n) is 15.6. The molecular weight excluding hydrogens is 356 g/mol. The molecule has 1 N–H and O–H groups in total. The molecular formula is C20H22N6O2. The summed E-state index contributed by atoms with van der Waals surface area (Å²) in [5.41, 5.74) is 0.582. The molecule has 28 heavy (non-hydrogen) atoms. The molecule has 2 aromatic rings. The van der Waals surface area contributed by atoms with Crippen LogP contribution in [0.1, 0.15) is 19.8 Å². The second-order valence-electron chi connectivity index (χ2n) is 7.56. The number of dihydropyridines is 1. The fourth-order valence-electron chi connectivity index (χ4n) is 4.38. The number of amides is 1. The molecule has 8 nitrogen and oxygen atoms in total. The van der Waals surface area contributed by atoms with Crippen LogP contribution >= 0.6 is 0 Å². The molecule has 1 amide bonds. The summed E-state index contributed by atoms with van der Waals surface area (Å²) < 4.78 is 6.11. The highest BCUT2D eigenvalue weighted by Crippen LogP contribution is 2.40. The Hall–Kier alpha value is -3.16. The summed E-state index contributed by atoms with van der Waals surface area (Å²) in [5.74, 6) is 1.69. The number of hydrogen-bond acceptors (Lipinski definition) is 6. The van der Waals surface area contributed by atoms with Gasteiger partial charge in [0.25, 0.3) is 5.91 Å². The maximum Gasteiger partial charge on any atom is 0.258 e. The molecule has 4 heterocycles. The second-order valence-corrected chi connectivity index (χ2v) is 7.56. The topological polar surface area (TPSA) is 85.2 Å². The third-order valence-corrected chi connectivity index (χ3v) is 5.62. The molecule has 1 aliphatic carbocycles. The smallest absolute Gasteiger partial charge is 0.258 e. The molecule has 2 aliphatic heterocycles. The van der Waals surface area contributed by atoms with Crippen LogP contribution in [0.2, 0.25) is 0 Å². The quantitative estimate of drug-likeness (QED) is 0.867. The number of fused-ring (bicyclic) bond motifs is 2. The molecule has 3 aliphatic rings. The van der Waals surface area contributed by atoms with E-state index in [4.69, 9.17) is 4.74 Å². The zero-order valence-corrected chi connectivity index (χ0v) is 15.6. The highest BCUT2D eigenvalue weighted by atomic mass is 16.5. The SMILES string of the molecule is CC1C=CC(C(=O)N2CC3CC(Oc4ccccn4)C2C3)=C(n2nccn2)N1. The average molecular weight is 378 g/mol. The van der Waals surface area contributed by atoms with Gasteiger partial charge in [0.2, 0.25) is 5.88 Å². The third-order valence-electron chi connectivity index (χ3n) is 5.62. The van der Waals surface area contributed by atoms with E-state index in [1.54, 1.807) is 18.6 Å². The summed E-state index contributed by atoms with van der Waals surface area (Å²) in [6.07, 6.45) is 10.7. The van der Waals surface area contributed by atoms with Crippen molar-refractivity contribution in [2.45, 2.75) is 38.0 Å². The molecule has 2 bridgehead atoms. The number of rotatable bonds is 4. The molecule has 0 radical (unpaired) electrons. The maximum atomic E-state index is 13.4. The molecule has 8 heteroatoms. The largest absolute Gasteiger partial charge is 0.472 e. The Bertz CT molecular complexity index is 923. The van der Waals surface area contributed by atoms with Gasteiger partial charge in [-0.1, -0.05) is 12.1 Å². The molecule has 0 spiro atoms. The Morgan fingerprint density at radius 2 is 2.07 bits per heavy atom. The molecule has 4 unspecified atom stereocenters. The van der Waals surface area contributed by atoms with Crippen LogP contribution in [0.3, 0.4) is 0 Å². The lowest BCUT2D eigenvalue weighted by atomic mass is 10.0. The van der Waals surface area contributed by atoms with E-state index >= 15 is 0 Å². The average Bonchev–Trinajstić information content (AvgIpc) is 3.45. The highest BCUT2D eigenvalue weighted by Gasteiger charge is 2.49. The Morgan fingerprint density at radius 1 is 1.21 bits per heavy atom. The molecule has 4 atom stereocenters. The van der Waals surface area contributed by atoms with Crippen LogP contribution in [-0.2, 0) is 4.79 Å². The van der Waals surface area contributed by atoms with Gasteiger partial charge in [-0.15, -0.1) is 4.80 Å². The van der Waals surface area contributed by atoms with Crippen LogP contribution in [0.15, 0.2) is 54.5 Å². The number of nitrogens with zero attached hydrogens (tertiary/aromatic N) is 5. The number of piperidine rings is 1. The molecule has 5 rings (SSSR count). The number of carbonyl (C=O) groups excluding carboxylic acids is 1. The fourth-order valence-corrected chi connectivity index (χ4v) is 4.38. The summed E-state index contributed by atoms with van der Waals surface area (Å²) in [5, 5.41) is 11.7. The monoisotopic (exact) mass is 378 g/mol. The van der Waals surface area contributed by atoms with Crippen LogP contribution in [0.25, 0.3) is 5.82 Å². The first-order valence-corrected chi connectivity index (χ1v) is 9.63. The van der Waals surface area contributed by atoms with Crippen molar-refractivity contribution >= 4 is 11.7 Å². The lowest BCUT2D eigenvalue weighted by molar-refractivity contribution is -0.130. The zero-order chi connectivity index (χ0) is 19.1. The summed E-state index contributed by atoms with van der Waals surface area (Å²) in [6.45, 7) is 2.79. The van der Waals surface area contributed by atoms with Crippen molar-refractivity contribution in [1.82, 2.24) is 30.2 Å². The fraction of sp³-hybridized carbons (Fsp3) is 0.400. The Morgan fingerprint density at radius 3 is 2.82 bits per heavy atom. The first-order valence-electron chi connectivity index (χ1n) is 9.63. The Labute approximate surface area is 162 Å². The number of carbonyl (C=O) groups is 1. The van der Waals surface area contributed by atoms with Crippen LogP contribution in [0.4, 0.5) is 0 Å². The van der Waals surface area contributed by atoms with Crippen molar-refractivity contribution in [1.29, 1.82) is 0 Å². The van der Waals surface area contributed by atoms with Crippen molar-refractivity contribution in [3.8, 4) is 5.88 Å². The first-order chi connectivity index (χ1) is 13.7. The first kappa shape index (κ1) is 17.0. The number of aromatic nitrogens is 4. The van der Waals surface area contributed by atoms with E-state index in [9.17, 15) is 4.79 Å². The van der Waals surface area contributed by atoms with Gasteiger partial charge in [0.15, 0.2) is 5.82 Å². The highest BCUT2D eigenvalue weighted by molar-refractivity contribution is 6.02. The Kier molecular flexibility index (Phi) is 4.11. The lowest BCUT2D eigenvalue weighted by Gasteiger charge is -2.34. The number of likely N-dealkylation sites (tertiary alicyclic amines) is 1. The molecule has 144 valence electrons. The van der Waals surface area contributed by atoms with E-state index in [0.29, 0.717) is 23.2 Å². The van der Waals surface area contributed by atoms with Gasteiger partial charge in [-0.3, -0.25) is 4.79 Å². The van der Waals surface area contributed by atoms with Gasteiger partial charge >= 0.3 is 0 Å². The Balaban J connectivity index is 1.40. The summed E-state index contributed by atoms with van der Waals surface area (Å²) in [6, 6.07) is 5.80. The van der Waals surface area contributed by atoms with Crippen LogP contribution in [0.5, 0.6) is 5.88 Å². The molecule has 1 saturated carbocycles. The molecule has 0 aromatic carbocycles. The van der Waals surface area contributed by atoms with E-state index in [1.807, 2.05) is 42.2 Å². The van der Waals surface area contributed by atoms with Crippen molar-refractivity contribution in [3.63, 3.8) is 0 Å². The normalized spacial score (nSPS) is 28.5. The number of nitrogens with one attached hydrogen (secondary N) is 1. The van der Waals surface area contributed by atoms with Gasteiger partial charge in [-0.2, -0.15) is 10.2 Å². The van der Waals surface area contributed by atoms with Crippen molar-refractivity contribution < 1.29 is 9.53 Å². The van der Waals surface area contributed by atoms with E-state index < -0.39 is 0 Å². The number of pyridine rings is 1. The van der Waals surface area contributed by atoms with Gasteiger partial charge in [0, 0.05) is 24.8 Å². The van der Waals surface area contributed by atoms with E-state index in [0.717, 1.165) is 19.4 Å². The van der Waals surface area contributed by atoms with Crippen LogP contribution in [-0.4, -0.2) is 55.5 Å². The van der Waals surface area contributed by atoms with Gasteiger partial charge < -0.3 is 15.0 Å². The van der Waals surface area contributed by atoms with Crippen molar-refractivity contribution in [3.05, 3.63) is 54.5 Å². The van der Waals surface area contributed by atoms with Crippen LogP contribution < -0.4 is 10.1 Å². The minimum absolute atomic E-state index is 0.00947. The lowest BCUT2D eigenvalue weighted by Crippen LogP contribution is -2.48. The van der Waals surface area contributed by atoms with Gasteiger partial charge in [0.05, 0.1) is 24.0 Å². The maximum absolute atomic E-state index is 13.4. The predicted octanol–water partition coefficient (Wildman–Crippen LogP) is 1.46. The van der Waals surface area contributed by atoms with Gasteiger partial charge in [-0.25, -0.2) is 4.98 Å². The summed E-state index contributed by atoms with van der Waals surface area (Å²) >= 11 is 0. The van der Waals surface area contributed by atoms with E-state index in [-0.39, 0.29) is 24.1 Å². The molecule has 1 saturated heterocycles. The standard InChI is InChI=1S/C20H22N6O2/c1-13-5-6-15(19(24-13)26-22-8-9-23-26)20(27)25-12-14-10-16(25)17(11-14)28-18-4-2-3-7-21-18/h2-9,13-14,16-17,24H,10-12H2,1H3. The summed E-state index contributed by atoms with van der Waals surface area (Å²) in [4.78, 5) is 21.1. The predicted molar refractivity (Wildman–Crippen MR) is 102 cm³/mol. The number of hydrogen-bond donors (Lipinski definition) is 1. The minimum Gasteiger partial charge on any atom is -0.472 e.